The molecule has 3 aromatic carbocycles. The summed E-state index contributed by atoms with van der Waals surface area (Å²) >= 11 is 0. The van der Waals surface area contributed by atoms with Crippen molar-refractivity contribution in [2.24, 2.45) is 0 Å². The van der Waals surface area contributed by atoms with Gasteiger partial charge in [0.05, 0.1) is 22.1 Å². The van der Waals surface area contributed by atoms with E-state index in [1.54, 1.807) is 4.52 Å². The molecule has 0 fully saturated rings. The summed E-state index contributed by atoms with van der Waals surface area (Å²) in [4.78, 5) is 18.0. The molecule has 0 amide bonds. The van der Waals surface area contributed by atoms with Crippen LogP contribution in [0.2, 0.25) is 0 Å². The van der Waals surface area contributed by atoms with E-state index in [4.69, 9.17) is 4.98 Å². The van der Waals surface area contributed by atoms with Crippen molar-refractivity contribution in [2.45, 2.75) is 6.92 Å². The van der Waals surface area contributed by atoms with Crippen molar-refractivity contribution < 1.29 is 0 Å². The van der Waals surface area contributed by atoms with Gasteiger partial charge in [-0.1, -0.05) is 36.4 Å². The predicted molar refractivity (Wildman–Crippen MR) is 101 cm³/mol. The fourth-order valence-corrected chi connectivity index (χ4v) is 3.42. The van der Waals surface area contributed by atoms with E-state index >= 15 is 0 Å². The van der Waals surface area contributed by atoms with Crippen molar-refractivity contribution in [3.05, 3.63) is 88.7 Å². The Hall–Kier alpha value is -3.40. The molecular formula is C21H15N3O. The summed E-state index contributed by atoms with van der Waals surface area (Å²) in [5, 5.41) is 1.59. The van der Waals surface area contributed by atoms with Gasteiger partial charge in [-0.3, -0.25) is 4.79 Å². The molecule has 0 aliphatic carbocycles. The largest absolute Gasteiger partial charge is 0.281 e. The molecular weight excluding hydrogens is 310 g/mol. The fourth-order valence-electron chi connectivity index (χ4n) is 3.42. The SMILES string of the molecule is Cc1ccc2c(c1)n(-c1ccccc1)n1c(=O)c3ccccc3nc21. The zero-order valence-electron chi connectivity index (χ0n) is 13.7. The molecule has 0 bridgehead atoms. The van der Waals surface area contributed by atoms with Gasteiger partial charge in [0.15, 0.2) is 5.65 Å². The van der Waals surface area contributed by atoms with Crippen LogP contribution in [0.4, 0.5) is 0 Å². The lowest BCUT2D eigenvalue weighted by atomic mass is 10.2. The van der Waals surface area contributed by atoms with Crippen molar-refractivity contribution in [3.63, 3.8) is 0 Å². The van der Waals surface area contributed by atoms with Gasteiger partial charge in [-0.15, -0.1) is 0 Å². The summed E-state index contributed by atoms with van der Waals surface area (Å²) in [5.74, 6) is 0. The lowest BCUT2D eigenvalue weighted by Gasteiger charge is -2.08. The summed E-state index contributed by atoms with van der Waals surface area (Å²) in [5.41, 5.74) is 4.41. The molecule has 0 radical (unpaired) electrons. The van der Waals surface area contributed by atoms with Crippen LogP contribution in [-0.2, 0) is 0 Å². The average Bonchev–Trinajstić information content (AvgIpc) is 2.96. The summed E-state index contributed by atoms with van der Waals surface area (Å²) in [6, 6.07) is 23.6. The smallest absolute Gasteiger partial charge is 0.267 e. The van der Waals surface area contributed by atoms with Crippen molar-refractivity contribution in [3.8, 4) is 5.69 Å². The van der Waals surface area contributed by atoms with Crippen molar-refractivity contribution in [2.75, 3.05) is 0 Å². The van der Waals surface area contributed by atoms with Gasteiger partial charge in [0, 0.05) is 5.39 Å². The minimum atomic E-state index is -0.0571. The van der Waals surface area contributed by atoms with Crippen LogP contribution >= 0.6 is 0 Å². The third kappa shape index (κ3) is 1.94. The Bertz CT molecular complexity index is 1310. The van der Waals surface area contributed by atoms with E-state index in [1.807, 2.05) is 65.3 Å². The highest BCUT2D eigenvalue weighted by Gasteiger charge is 2.16. The number of aromatic nitrogens is 3. The molecule has 0 unspecified atom stereocenters. The van der Waals surface area contributed by atoms with Gasteiger partial charge < -0.3 is 0 Å². The average molecular weight is 325 g/mol. The molecule has 5 aromatic rings. The molecule has 0 saturated heterocycles. The Morgan fingerprint density at radius 1 is 0.840 bits per heavy atom. The van der Waals surface area contributed by atoms with Gasteiger partial charge in [0.2, 0.25) is 0 Å². The maximum absolute atomic E-state index is 13.2. The van der Waals surface area contributed by atoms with Gasteiger partial charge in [0.1, 0.15) is 0 Å². The van der Waals surface area contributed by atoms with Crippen LogP contribution in [0.5, 0.6) is 0 Å². The number of hydrogen-bond donors (Lipinski definition) is 0. The number of rotatable bonds is 1. The van der Waals surface area contributed by atoms with Gasteiger partial charge in [0.25, 0.3) is 5.56 Å². The molecule has 0 N–H and O–H groups in total. The first-order valence-electron chi connectivity index (χ1n) is 8.22. The van der Waals surface area contributed by atoms with Crippen LogP contribution in [0.15, 0.2) is 77.6 Å². The minimum absolute atomic E-state index is 0.0571. The molecule has 0 atom stereocenters. The predicted octanol–water partition coefficient (Wildman–Crippen LogP) is 4.10. The van der Waals surface area contributed by atoms with Gasteiger partial charge >= 0.3 is 0 Å². The van der Waals surface area contributed by atoms with Gasteiger partial charge in [-0.25, -0.2) is 9.67 Å². The Morgan fingerprint density at radius 2 is 1.60 bits per heavy atom. The van der Waals surface area contributed by atoms with Crippen LogP contribution < -0.4 is 5.56 Å². The standard InChI is InChI=1S/C21H15N3O/c1-14-11-12-17-19(13-14)23(15-7-3-2-4-8-15)24-20(17)22-18-10-6-5-9-16(18)21(24)25/h2-13H,1H3. The molecule has 0 saturated carbocycles. The Labute approximate surface area is 143 Å². The molecule has 0 spiro atoms. The summed E-state index contributed by atoms with van der Waals surface area (Å²) in [7, 11) is 0. The highest BCUT2D eigenvalue weighted by Crippen LogP contribution is 2.25. The molecule has 5 rings (SSSR count). The zero-order chi connectivity index (χ0) is 17.0. The van der Waals surface area contributed by atoms with Crippen LogP contribution in [-0.4, -0.2) is 14.2 Å². The minimum Gasteiger partial charge on any atom is -0.267 e. The van der Waals surface area contributed by atoms with E-state index in [0.29, 0.717) is 11.0 Å². The van der Waals surface area contributed by atoms with Crippen LogP contribution in [0.1, 0.15) is 5.56 Å². The first kappa shape index (κ1) is 14.0. The van der Waals surface area contributed by atoms with E-state index in [-0.39, 0.29) is 5.56 Å². The van der Waals surface area contributed by atoms with Gasteiger partial charge in [-0.2, -0.15) is 4.52 Å². The van der Waals surface area contributed by atoms with E-state index in [1.165, 1.54) is 0 Å². The quantitative estimate of drug-likeness (QED) is 0.465. The second kappa shape index (κ2) is 5.05. The third-order valence-corrected chi connectivity index (χ3v) is 4.58. The first-order valence-corrected chi connectivity index (χ1v) is 8.22. The Morgan fingerprint density at radius 3 is 2.44 bits per heavy atom. The van der Waals surface area contributed by atoms with Crippen molar-refractivity contribution >= 4 is 27.5 Å². The summed E-state index contributed by atoms with van der Waals surface area (Å²) < 4.78 is 3.64. The topological polar surface area (TPSA) is 39.3 Å². The van der Waals surface area contributed by atoms with Crippen molar-refractivity contribution in [1.29, 1.82) is 0 Å². The van der Waals surface area contributed by atoms with E-state index in [0.717, 1.165) is 27.7 Å². The monoisotopic (exact) mass is 325 g/mol. The number of aryl methyl sites for hydroxylation is 1. The molecule has 0 aliphatic rings. The number of benzene rings is 3. The second-order valence-electron chi connectivity index (χ2n) is 6.24. The van der Waals surface area contributed by atoms with Crippen molar-refractivity contribution in [1.82, 2.24) is 14.2 Å². The molecule has 4 heteroatoms. The van der Waals surface area contributed by atoms with Gasteiger partial charge in [-0.05, 0) is 48.9 Å². The molecule has 2 aromatic heterocycles. The lowest BCUT2D eigenvalue weighted by molar-refractivity contribution is 0.794. The number of hydrogen-bond acceptors (Lipinski definition) is 2. The van der Waals surface area contributed by atoms with E-state index < -0.39 is 0 Å². The molecule has 4 nitrogen and oxygen atoms in total. The maximum atomic E-state index is 13.2. The fraction of sp³-hybridized carbons (Fsp3) is 0.0476. The van der Waals surface area contributed by atoms with E-state index in [9.17, 15) is 4.79 Å². The molecule has 0 aliphatic heterocycles. The normalized spacial score (nSPS) is 11.6. The maximum Gasteiger partial charge on any atom is 0.281 e. The third-order valence-electron chi connectivity index (χ3n) is 4.58. The highest BCUT2D eigenvalue weighted by molar-refractivity contribution is 5.96. The number of nitrogens with zero attached hydrogens (tertiary/aromatic N) is 3. The molecule has 25 heavy (non-hydrogen) atoms. The summed E-state index contributed by atoms with van der Waals surface area (Å²) in [6.45, 7) is 2.05. The second-order valence-corrected chi connectivity index (χ2v) is 6.24. The zero-order valence-corrected chi connectivity index (χ0v) is 13.7. The van der Waals surface area contributed by atoms with Crippen LogP contribution in [0.25, 0.3) is 33.1 Å². The molecule has 2 heterocycles. The Balaban J connectivity index is 2.10. The van der Waals surface area contributed by atoms with Crippen LogP contribution in [0.3, 0.4) is 0 Å². The number of para-hydroxylation sites is 2. The summed E-state index contributed by atoms with van der Waals surface area (Å²) in [6.07, 6.45) is 0. The number of fused-ring (bicyclic) bond motifs is 4. The first-order chi connectivity index (χ1) is 12.2. The van der Waals surface area contributed by atoms with Crippen LogP contribution in [0, 0.1) is 6.92 Å². The lowest BCUT2D eigenvalue weighted by Crippen LogP contribution is -2.20. The highest BCUT2D eigenvalue weighted by atomic mass is 16.1. The Kier molecular flexibility index (Phi) is 2.82. The van der Waals surface area contributed by atoms with E-state index in [2.05, 4.69) is 19.1 Å². The molecule has 120 valence electrons.